The number of hydrogen-bond donors (Lipinski definition) is 2. The number of fused-ring (bicyclic) bond motifs is 3. The lowest BCUT2D eigenvalue weighted by Gasteiger charge is -2.64. The van der Waals surface area contributed by atoms with Crippen molar-refractivity contribution in [1.29, 1.82) is 0 Å². The van der Waals surface area contributed by atoms with E-state index in [0.29, 0.717) is 11.0 Å². The van der Waals surface area contributed by atoms with Crippen LogP contribution in [0.4, 0.5) is 4.79 Å². The average molecular weight is 664 g/mol. The van der Waals surface area contributed by atoms with Gasteiger partial charge >= 0.3 is 11.7 Å². The van der Waals surface area contributed by atoms with Crippen molar-refractivity contribution in [2.24, 2.45) is 7.05 Å². The third kappa shape index (κ3) is 4.71. The molecule has 4 amide bonds. The van der Waals surface area contributed by atoms with Crippen molar-refractivity contribution in [2.75, 3.05) is 13.1 Å². The molecule has 2 unspecified atom stereocenters. The van der Waals surface area contributed by atoms with Gasteiger partial charge in [0.05, 0.1) is 21.8 Å². The summed E-state index contributed by atoms with van der Waals surface area (Å²) in [4.78, 5) is 76.1. The van der Waals surface area contributed by atoms with Gasteiger partial charge in [-0.15, -0.1) is 11.8 Å². The number of imide groups is 1. The highest BCUT2D eigenvalue weighted by atomic mass is 32.2. The molecule has 3 aromatic rings. The topological polar surface area (TPSA) is 148 Å². The second-order valence-electron chi connectivity index (χ2n) is 12.4. The summed E-state index contributed by atoms with van der Waals surface area (Å²) in [7, 11) is 1.36. The van der Waals surface area contributed by atoms with E-state index >= 15 is 0 Å². The van der Waals surface area contributed by atoms with Crippen molar-refractivity contribution in [3.05, 3.63) is 116 Å². The first kappa shape index (κ1) is 31.3. The SMILES string of the molecule is Cc1cc2nc3c(=O)n(C)c(=O)nc-3n(CCNC(=O)CN3C(=O)NC(=O)C4(C)SC(c5ccccc5)(c5ccccc5)C34)c2cc1C. The normalized spacial score (nSPS) is 19.9. The third-order valence-electron chi connectivity index (χ3n) is 9.48. The first-order valence-corrected chi connectivity index (χ1v) is 16.4. The van der Waals surface area contributed by atoms with Crippen LogP contribution in [0.15, 0.2) is 82.4 Å². The number of amides is 4. The van der Waals surface area contributed by atoms with Crippen LogP contribution in [-0.2, 0) is 27.9 Å². The molecule has 0 radical (unpaired) electrons. The van der Waals surface area contributed by atoms with E-state index in [1.807, 2.05) is 86.6 Å². The first-order valence-electron chi connectivity index (χ1n) is 15.5. The quantitative estimate of drug-likeness (QED) is 0.253. The van der Waals surface area contributed by atoms with E-state index in [-0.39, 0.29) is 31.2 Å². The number of nitrogens with one attached hydrogen (secondary N) is 2. The van der Waals surface area contributed by atoms with Gasteiger partial charge in [-0.25, -0.2) is 14.6 Å². The molecular formula is C35H33N7O5S. The fraction of sp³-hybridized carbons (Fsp3) is 0.286. The number of hydrogen-bond acceptors (Lipinski definition) is 8. The molecule has 48 heavy (non-hydrogen) atoms. The Balaban J connectivity index is 1.20. The predicted molar refractivity (Wildman–Crippen MR) is 182 cm³/mol. The van der Waals surface area contributed by atoms with E-state index < -0.39 is 44.6 Å². The number of aryl methyl sites for hydroxylation is 2. The molecule has 4 aliphatic heterocycles. The summed E-state index contributed by atoms with van der Waals surface area (Å²) in [6.07, 6.45) is 0. The van der Waals surface area contributed by atoms with E-state index in [1.165, 1.54) is 23.7 Å². The molecule has 2 atom stereocenters. The zero-order valence-electron chi connectivity index (χ0n) is 26.8. The lowest BCUT2D eigenvalue weighted by Crippen LogP contribution is -2.80. The Morgan fingerprint density at radius 2 is 1.56 bits per heavy atom. The lowest BCUT2D eigenvalue weighted by molar-refractivity contribution is -0.130. The maximum atomic E-state index is 13.6. The maximum absolute atomic E-state index is 13.6. The number of nitrogens with zero attached hydrogens (tertiary/aromatic N) is 5. The fourth-order valence-electron chi connectivity index (χ4n) is 6.92. The number of urea groups is 1. The van der Waals surface area contributed by atoms with E-state index in [4.69, 9.17) is 0 Å². The molecule has 4 aliphatic rings. The van der Waals surface area contributed by atoms with Crippen LogP contribution in [0.1, 0.15) is 29.2 Å². The molecule has 2 saturated heterocycles. The van der Waals surface area contributed by atoms with Gasteiger partial charge in [0, 0.05) is 20.1 Å². The van der Waals surface area contributed by atoms with Crippen LogP contribution < -0.4 is 21.9 Å². The monoisotopic (exact) mass is 663 g/mol. The van der Waals surface area contributed by atoms with Gasteiger partial charge in [0.25, 0.3) is 5.56 Å². The third-order valence-corrected chi connectivity index (χ3v) is 11.3. The Morgan fingerprint density at radius 3 is 2.21 bits per heavy atom. The summed E-state index contributed by atoms with van der Waals surface area (Å²) in [5.41, 5.74) is 3.82. The summed E-state index contributed by atoms with van der Waals surface area (Å²) in [5.74, 6) is -0.700. The fourth-order valence-corrected chi connectivity index (χ4v) is 8.95. The first-order chi connectivity index (χ1) is 23.0. The van der Waals surface area contributed by atoms with Gasteiger partial charge in [-0.1, -0.05) is 60.7 Å². The molecular weight excluding hydrogens is 630 g/mol. The van der Waals surface area contributed by atoms with Crippen LogP contribution in [0.2, 0.25) is 0 Å². The zero-order chi connectivity index (χ0) is 34.0. The second kappa shape index (κ2) is 11.4. The van der Waals surface area contributed by atoms with Gasteiger partial charge in [0.15, 0.2) is 11.5 Å². The Morgan fingerprint density at radius 1 is 0.938 bits per heavy atom. The summed E-state index contributed by atoms with van der Waals surface area (Å²) < 4.78 is 0.836. The molecule has 0 aliphatic carbocycles. The van der Waals surface area contributed by atoms with Crippen LogP contribution in [0.25, 0.3) is 22.6 Å². The zero-order valence-corrected chi connectivity index (χ0v) is 27.6. The predicted octanol–water partition coefficient (Wildman–Crippen LogP) is 2.70. The average Bonchev–Trinajstić information content (AvgIpc) is 3.06. The van der Waals surface area contributed by atoms with Gasteiger partial charge in [-0.2, -0.15) is 4.98 Å². The highest BCUT2D eigenvalue weighted by Gasteiger charge is 2.72. The van der Waals surface area contributed by atoms with Crippen molar-refractivity contribution < 1.29 is 14.4 Å². The van der Waals surface area contributed by atoms with E-state index in [9.17, 15) is 24.0 Å². The molecule has 12 nitrogen and oxygen atoms in total. The molecule has 0 aromatic heterocycles. The van der Waals surface area contributed by atoms with Gasteiger partial charge < -0.3 is 14.8 Å². The number of carbonyl (C=O) groups is 3. The number of benzene rings is 3. The number of rotatable bonds is 7. The van der Waals surface area contributed by atoms with Crippen LogP contribution >= 0.6 is 11.8 Å². The maximum Gasteiger partial charge on any atom is 0.352 e. The van der Waals surface area contributed by atoms with Crippen LogP contribution in [0, 0.1) is 13.8 Å². The Hall–Kier alpha value is -5.30. The Bertz CT molecular complexity index is 2180. The lowest BCUT2D eigenvalue weighted by atomic mass is 9.74. The molecule has 4 heterocycles. The smallest absolute Gasteiger partial charge is 0.352 e. The van der Waals surface area contributed by atoms with Gasteiger partial charge in [-0.05, 0) is 55.2 Å². The molecule has 3 aromatic carbocycles. The van der Waals surface area contributed by atoms with E-state index in [2.05, 4.69) is 20.6 Å². The summed E-state index contributed by atoms with van der Waals surface area (Å²) >= 11 is 1.47. The molecule has 0 bridgehead atoms. The minimum absolute atomic E-state index is 0.0498. The number of carbonyl (C=O) groups excluding carboxylic acids is 3. The Kier molecular flexibility index (Phi) is 7.46. The minimum atomic E-state index is -1.01. The molecule has 0 saturated carbocycles. The van der Waals surface area contributed by atoms with Gasteiger partial charge in [0.1, 0.15) is 11.3 Å². The molecule has 7 rings (SSSR count). The highest BCUT2D eigenvalue weighted by Crippen LogP contribution is 2.66. The van der Waals surface area contributed by atoms with Crippen molar-refractivity contribution in [3.8, 4) is 11.5 Å². The molecule has 0 spiro atoms. The number of aromatic nitrogens is 4. The summed E-state index contributed by atoms with van der Waals surface area (Å²) in [6, 6.07) is 21.9. The Labute approximate surface area is 279 Å². The second-order valence-corrected chi connectivity index (χ2v) is 14.1. The van der Waals surface area contributed by atoms with Crippen molar-refractivity contribution >= 4 is 40.6 Å². The van der Waals surface area contributed by atoms with Crippen LogP contribution in [0.3, 0.4) is 0 Å². The van der Waals surface area contributed by atoms with Crippen LogP contribution in [-0.4, -0.2) is 65.7 Å². The van der Waals surface area contributed by atoms with E-state index in [1.54, 1.807) is 11.5 Å². The van der Waals surface area contributed by atoms with E-state index in [0.717, 1.165) is 26.8 Å². The van der Waals surface area contributed by atoms with Crippen molar-refractivity contribution in [2.45, 2.75) is 42.9 Å². The summed E-state index contributed by atoms with van der Waals surface area (Å²) in [5, 5.41) is 5.36. The van der Waals surface area contributed by atoms with Crippen LogP contribution in [0.5, 0.6) is 0 Å². The highest BCUT2D eigenvalue weighted by molar-refractivity contribution is 8.04. The van der Waals surface area contributed by atoms with Crippen molar-refractivity contribution in [3.63, 3.8) is 0 Å². The molecule has 2 N–H and O–H groups in total. The largest absolute Gasteiger partial charge is 0.353 e. The molecule has 2 fully saturated rings. The minimum Gasteiger partial charge on any atom is -0.353 e. The summed E-state index contributed by atoms with van der Waals surface area (Å²) in [6.45, 7) is 5.68. The molecule has 13 heteroatoms. The van der Waals surface area contributed by atoms with Crippen molar-refractivity contribution in [1.82, 2.24) is 34.6 Å². The standard InChI is InChI=1S/C35H33N7O5S/c1-20-17-24-25(18-21(20)2)41(28-27(37-24)29(44)40(4)32(46)38-28)16-15-36-26(43)19-42-30-34(3,31(45)39-33(42)47)48-35(30,22-11-7-5-8-12-22)23-13-9-6-10-14-23/h5-14,17-18,30H,15-16,19H2,1-4H3,(H,36,43)(H,39,45,47). The molecule has 244 valence electrons. The van der Waals surface area contributed by atoms with Gasteiger partial charge in [-0.3, -0.25) is 24.3 Å². The van der Waals surface area contributed by atoms with Gasteiger partial charge in [0.2, 0.25) is 11.8 Å². The number of thioether (sulfide) groups is 1.